The van der Waals surface area contributed by atoms with Gasteiger partial charge in [-0.1, -0.05) is 24.3 Å². The van der Waals surface area contributed by atoms with Crippen LogP contribution in [0.15, 0.2) is 36.4 Å². The minimum Gasteiger partial charge on any atom is -0.488 e. The number of aliphatic hydroxyl groups excluding tert-OH is 1. The minimum atomic E-state index is -0.813. The van der Waals surface area contributed by atoms with E-state index in [2.05, 4.69) is 19.2 Å². The van der Waals surface area contributed by atoms with Gasteiger partial charge in [0.15, 0.2) is 11.5 Å². The molecule has 1 fully saturated rings. The Morgan fingerprint density at radius 2 is 2.03 bits per heavy atom. The molecule has 5 rings (SSSR count). The molecule has 3 N–H and O–H groups in total. The zero-order valence-corrected chi connectivity index (χ0v) is 19.6. The number of rotatable bonds is 10. The number of carbonyl (C=O) groups is 1. The molecule has 8 nitrogen and oxygen atoms in total. The molecule has 2 aromatic carbocycles. The van der Waals surface area contributed by atoms with Crippen molar-refractivity contribution in [3.8, 4) is 17.2 Å². The summed E-state index contributed by atoms with van der Waals surface area (Å²) >= 11 is 0. The quantitative estimate of drug-likeness (QED) is 0.488. The number of aliphatic carboxylic acids is 1. The molecular formula is C26H31NO7. The second kappa shape index (κ2) is 8.76. The zero-order chi connectivity index (χ0) is 24.0. The molecule has 0 aromatic heterocycles. The Morgan fingerprint density at radius 1 is 1.24 bits per heavy atom. The molecule has 2 aliphatic heterocycles. The SMILES string of the molecule is C[C@@H](OC[C@H](O)CNC(C)(C)Cc1ccc2c(c1)OCO2)c1cccc2c1O[C@@H]1[C@@H](C(=O)O)[C@H]21. The van der Waals surface area contributed by atoms with E-state index in [9.17, 15) is 15.0 Å². The molecule has 5 atom stereocenters. The molecule has 0 saturated heterocycles. The smallest absolute Gasteiger partial charge is 0.311 e. The van der Waals surface area contributed by atoms with Gasteiger partial charge in [0.2, 0.25) is 6.79 Å². The highest BCUT2D eigenvalue weighted by molar-refractivity contribution is 5.79. The summed E-state index contributed by atoms with van der Waals surface area (Å²) in [5.74, 6) is 0.939. The standard InChI is InChI=1S/C26H31NO7/c1-14(17-5-4-6-18-21-22(25(29)30)24(21)34-23(17)18)31-12-16(28)11-27-26(2,3)10-15-7-8-19-20(9-15)33-13-32-19/h4-9,14,16,21-22,24,27-28H,10-13H2,1-3H3,(H,29,30)/t14-,16-,21+,22+,24+/m1/s1. The van der Waals surface area contributed by atoms with Crippen molar-refractivity contribution >= 4 is 5.97 Å². The number of nitrogens with one attached hydrogen (secondary N) is 1. The summed E-state index contributed by atoms with van der Waals surface area (Å²) in [6.45, 7) is 6.91. The van der Waals surface area contributed by atoms with Gasteiger partial charge >= 0.3 is 5.97 Å². The molecule has 1 saturated carbocycles. The molecule has 0 spiro atoms. The molecule has 1 aliphatic carbocycles. The third kappa shape index (κ3) is 4.45. The van der Waals surface area contributed by atoms with Gasteiger partial charge in [-0.3, -0.25) is 4.79 Å². The van der Waals surface area contributed by atoms with E-state index < -0.39 is 18.0 Å². The summed E-state index contributed by atoms with van der Waals surface area (Å²) in [6, 6.07) is 11.7. The molecule has 0 radical (unpaired) electrons. The van der Waals surface area contributed by atoms with E-state index in [1.54, 1.807) is 0 Å². The van der Waals surface area contributed by atoms with E-state index in [1.807, 2.05) is 43.3 Å². The minimum absolute atomic E-state index is 0.0681. The van der Waals surface area contributed by atoms with Crippen LogP contribution in [-0.2, 0) is 16.0 Å². The topological polar surface area (TPSA) is 106 Å². The van der Waals surface area contributed by atoms with Gasteiger partial charge in [0, 0.05) is 29.1 Å². The molecule has 34 heavy (non-hydrogen) atoms. The van der Waals surface area contributed by atoms with Crippen LogP contribution in [0.25, 0.3) is 0 Å². The average Bonchev–Trinajstić information content (AvgIpc) is 3.12. The van der Waals surface area contributed by atoms with E-state index in [1.165, 1.54) is 0 Å². The largest absolute Gasteiger partial charge is 0.488 e. The van der Waals surface area contributed by atoms with Crippen molar-refractivity contribution in [3.05, 3.63) is 53.1 Å². The Labute approximate surface area is 198 Å². The van der Waals surface area contributed by atoms with Crippen molar-refractivity contribution in [2.75, 3.05) is 19.9 Å². The maximum Gasteiger partial charge on any atom is 0.311 e. The van der Waals surface area contributed by atoms with Crippen LogP contribution in [0.5, 0.6) is 17.2 Å². The summed E-state index contributed by atoms with van der Waals surface area (Å²) in [5, 5.41) is 23.2. The molecule has 0 amide bonds. The van der Waals surface area contributed by atoms with E-state index in [0.717, 1.165) is 40.4 Å². The first-order chi connectivity index (χ1) is 16.2. The highest BCUT2D eigenvalue weighted by Gasteiger charge is 2.63. The summed E-state index contributed by atoms with van der Waals surface area (Å²) in [5.41, 5.74) is 2.72. The van der Waals surface area contributed by atoms with Crippen molar-refractivity contribution in [1.29, 1.82) is 0 Å². The van der Waals surface area contributed by atoms with E-state index in [4.69, 9.17) is 18.9 Å². The van der Waals surface area contributed by atoms with E-state index in [0.29, 0.717) is 6.54 Å². The zero-order valence-electron chi connectivity index (χ0n) is 19.6. The van der Waals surface area contributed by atoms with Gasteiger partial charge in [0.1, 0.15) is 17.8 Å². The maximum atomic E-state index is 11.3. The lowest BCUT2D eigenvalue weighted by Gasteiger charge is -2.28. The van der Waals surface area contributed by atoms with Crippen molar-refractivity contribution in [2.45, 2.75) is 57.0 Å². The molecule has 0 bridgehead atoms. The van der Waals surface area contributed by atoms with Crippen LogP contribution in [0.2, 0.25) is 0 Å². The van der Waals surface area contributed by atoms with Gasteiger partial charge < -0.3 is 34.5 Å². The van der Waals surface area contributed by atoms with Crippen LogP contribution in [0, 0.1) is 5.92 Å². The van der Waals surface area contributed by atoms with Crippen LogP contribution >= 0.6 is 0 Å². The van der Waals surface area contributed by atoms with Gasteiger partial charge in [-0.15, -0.1) is 0 Å². The molecule has 182 valence electrons. The number of fused-ring (bicyclic) bond motifs is 4. The fourth-order valence-electron chi connectivity index (χ4n) is 4.94. The number of para-hydroxylation sites is 1. The first kappa shape index (κ1) is 23.0. The predicted molar refractivity (Wildman–Crippen MR) is 123 cm³/mol. The van der Waals surface area contributed by atoms with Gasteiger partial charge in [-0.2, -0.15) is 0 Å². The monoisotopic (exact) mass is 469 g/mol. The second-order valence-electron chi connectivity index (χ2n) is 10.00. The summed E-state index contributed by atoms with van der Waals surface area (Å²) in [6.07, 6.45) is -0.476. The predicted octanol–water partition coefficient (Wildman–Crippen LogP) is 3.02. The Balaban J connectivity index is 1.11. The maximum absolute atomic E-state index is 11.3. The fraction of sp³-hybridized carbons (Fsp3) is 0.500. The third-order valence-electron chi connectivity index (χ3n) is 6.80. The van der Waals surface area contributed by atoms with Crippen molar-refractivity contribution < 1.29 is 34.0 Å². The summed E-state index contributed by atoms with van der Waals surface area (Å²) in [7, 11) is 0. The van der Waals surface area contributed by atoms with Crippen molar-refractivity contribution in [1.82, 2.24) is 5.32 Å². The van der Waals surface area contributed by atoms with E-state index >= 15 is 0 Å². The lowest BCUT2D eigenvalue weighted by molar-refractivity contribution is -0.139. The number of β-amino-alcohol motifs (C(OH)–C–C–N with tert-alkyl or cyclic N) is 1. The number of benzene rings is 2. The normalized spacial score (nSPS) is 23.6. The number of carboxylic acids is 1. The number of aliphatic hydroxyl groups is 1. The van der Waals surface area contributed by atoms with Gasteiger partial charge in [0.05, 0.1) is 18.8 Å². The highest BCUT2D eigenvalue weighted by Crippen LogP contribution is 2.59. The Hall–Kier alpha value is -2.81. The molecule has 2 aromatic rings. The molecule has 2 heterocycles. The van der Waals surface area contributed by atoms with Crippen molar-refractivity contribution in [2.24, 2.45) is 5.92 Å². The average molecular weight is 470 g/mol. The van der Waals surface area contributed by atoms with Crippen molar-refractivity contribution in [3.63, 3.8) is 0 Å². The Bertz CT molecular complexity index is 1080. The van der Waals surface area contributed by atoms with E-state index in [-0.39, 0.29) is 37.1 Å². The molecule has 0 unspecified atom stereocenters. The van der Waals surface area contributed by atoms with Crippen LogP contribution in [0.3, 0.4) is 0 Å². The number of hydrogen-bond donors (Lipinski definition) is 3. The summed E-state index contributed by atoms with van der Waals surface area (Å²) in [4.78, 5) is 11.3. The molecular weight excluding hydrogens is 438 g/mol. The van der Waals surface area contributed by atoms with Gasteiger partial charge in [-0.25, -0.2) is 0 Å². The third-order valence-corrected chi connectivity index (χ3v) is 6.80. The van der Waals surface area contributed by atoms with Gasteiger partial charge in [0.25, 0.3) is 0 Å². The van der Waals surface area contributed by atoms with Gasteiger partial charge in [-0.05, 0) is 44.9 Å². The highest BCUT2D eigenvalue weighted by atomic mass is 16.7. The molecule has 8 heteroatoms. The second-order valence-corrected chi connectivity index (χ2v) is 10.00. The van der Waals surface area contributed by atoms with Crippen LogP contribution in [0.4, 0.5) is 0 Å². The first-order valence-corrected chi connectivity index (χ1v) is 11.7. The Morgan fingerprint density at radius 3 is 2.82 bits per heavy atom. The van der Waals surface area contributed by atoms with Crippen LogP contribution < -0.4 is 19.5 Å². The lowest BCUT2D eigenvalue weighted by Crippen LogP contribution is -2.46. The Kier molecular flexibility index (Phi) is 5.91. The van der Waals surface area contributed by atoms with Crippen LogP contribution in [0.1, 0.15) is 49.5 Å². The number of hydrogen-bond acceptors (Lipinski definition) is 7. The molecule has 3 aliphatic rings. The summed E-state index contributed by atoms with van der Waals surface area (Å²) < 4.78 is 22.7. The fourth-order valence-corrected chi connectivity index (χ4v) is 4.94. The van der Waals surface area contributed by atoms with Crippen LogP contribution in [-0.4, -0.2) is 53.9 Å². The lowest BCUT2D eigenvalue weighted by atomic mass is 9.94. The number of ether oxygens (including phenoxy) is 4. The first-order valence-electron chi connectivity index (χ1n) is 11.7. The number of carboxylic acid groups (broad SMARTS) is 1.